The zero-order valence-corrected chi connectivity index (χ0v) is 42.1. The molecule has 6 rings (SSSR count). The number of Topliss-reactive ketones (excluding diaryl/α,β-unsaturated/α-hetero) is 1. The number of aliphatic hydroxyl groups excluding tert-OH is 1. The fourth-order valence-electron chi connectivity index (χ4n) is 10.9. The third kappa shape index (κ3) is 12.1. The van der Waals surface area contributed by atoms with Crippen LogP contribution in [-0.4, -0.2) is 146 Å². The summed E-state index contributed by atoms with van der Waals surface area (Å²) in [6.45, 7) is 19.6. The number of methoxy groups -OCH3 is 1. The maximum atomic E-state index is 15.1. The Bertz CT molecular complexity index is 2200. The quantitative estimate of drug-likeness (QED) is 0.0711. The van der Waals surface area contributed by atoms with Crippen molar-refractivity contribution in [2.75, 3.05) is 27.2 Å². The van der Waals surface area contributed by atoms with E-state index in [0.717, 1.165) is 11.3 Å². The fraction of sp³-hybridized carbons (Fsp3) is 0.635. The second kappa shape index (κ2) is 23.2. The predicted molar refractivity (Wildman–Crippen MR) is 256 cm³/mol. The zero-order chi connectivity index (χ0) is 50.2. The summed E-state index contributed by atoms with van der Waals surface area (Å²) in [5.41, 5.74) is -0.582. The lowest BCUT2D eigenvalue weighted by molar-refractivity contribution is -0.302. The first-order chi connectivity index (χ1) is 32.8. The summed E-state index contributed by atoms with van der Waals surface area (Å²) in [5.74, 6) is -4.92. The Morgan fingerprint density at radius 1 is 1.03 bits per heavy atom. The fourth-order valence-corrected chi connectivity index (χ4v) is 10.9. The van der Waals surface area contributed by atoms with Crippen molar-refractivity contribution in [1.29, 1.82) is 0 Å². The molecule has 0 spiro atoms. The third-order valence-corrected chi connectivity index (χ3v) is 14.6. The van der Waals surface area contributed by atoms with Crippen LogP contribution in [0.25, 0.3) is 11.3 Å². The van der Waals surface area contributed by atoms with E-state index in [2.05, 4.69) is 21.5 Å². The number of likely N-dealkylation sites (N-methyl/N-ethyl adjacent to an activating group) is 1. The standard InChI is InChI=1S/C52H74N6O11/c1-12-23-56(10)40-26-33(4)65-49(44(40)61)68-47-35(6)45(67-42(59)27-38-20-14-15-22-54-38)36(7)48(62)66-41(13-2)52(9)46(34(5)43(60)32(3)28-51(47,8)64-11)58(50(63)69-52)25-17-16-24-57-30-39(55-31-57)37-19-18-21-53-29-37/h12,14-15,18-22,29-36,40-41,44-47,49,61H,1,13,16-17,23-28H2,2-11H3/t32-,33-,34+,35+,36-,40+,41-,44-,45+,46-,47-,49+,51-,52-/m1/s1. The van der Waals surface area contributed by atoms with Crippen molar-refractivity contribution in [3.05, 3.63) is 79.8 Å². The molecule has 0 saturated carbocycles. The average Bonchev–Trinajstić information content (AvgIpc) is 3.91. The van der Waals surface area contributed by atoms with Gasteiger partial charge in [0.25, 0.3) is 0 Å². The molecule has 3 saturated heterocycles. The molecule has 6 heterocycles. The van der Waals surface area contributed by atoms with Gasteiger partial charge in [-0.2, -0.15) is 0 Å². The van der Waals surface area contributed by atoms with E-state index >= 15 is 4.79 Å². The van der Waals surface area contributed by atoms with E-state index in [-0.39, 0.29) is 43.7 Å². The van der Waals surface area contributed by atoms with Gasteiger partial charge in [0.05, 0.1) is 53.9 Å². The molecule has 17 heteroatoms. The summed E-state index contributed by atoms with van der Waals surface area (Å²) in [6.07, 6.45) is 6.02. The number of aliphatic hydroxyl groups is 1. The van der Waals surface area contributed by atoms with Gasteiger partial charge in [-0.1, -0.05) is 39.8 Å². The van der Waals surface area contributed by atoms with E-state index in [0.29, 0.717) is 38.0 Å². The number of imidazole rings is 1. The summed E-state index contributed by atoms with van der Waals surface area (Å²) < 4.78 is 40.7. The van der Waals surface area contributed by atoms with Gasteiger partial charge in [-0.25, -0.2) is 9.78 Å². The van der Waals surface area contributed by atoms with Crippen molar-refractivity contribution in [3.8, 4) is 11.3 Å². The van der Waals surface area contributed by atoms with Crippen LogP contribution >= 0.6 is 0 Å². The number of amides is 1. The van der Waals surface area contributed by atoms with Gasteiger partial charge in [0, 0.05) is 80.9 Å². The van der Waals surface area contributed by atoms with Crippen molar-refractivity contribution in [3.63, 3.8) is 0 Å². The molecule has 3 aromatic rings. The first-order valence-electron chi connectivity index (χ1n) is 24.5. The van der Waals surface area contributed by atoms with E-state index in [1.165, 1.54) is 7.11 Å². The number of hydrogen-bond donors (Lipinski definition) is 1. The molecular formula is C52H74N6O11. The van der Waals surface area contributed by atoms with Crippen LogP contribution in [0.4, 0.5) is 4.79 Å². The molecule has 378 valence electrons. The van der Waals surface area contributed by atoms with Crippen molar-refractivity contribution >= 4 is 23.8 Å². The smallest absolute Gasteiger partial charge is 0.410 e. The molecule has 3 aromatic heterocycles. The lowest BCUT2D eigenvalue weighted by atomic mass is 9.73. The molecule has 17 nitrogen and oxygen atoms in total. The van der Waals surface area contributed by atoms with Gasteiger partial charge in [0.15, 0.2) is 11.9 Å². The van der Waals surface area contributed by atoms with Crippen LogP contribution in [0.2, 0.25) is 0 Å². The highest BCUT2D eigenvalue weighted by Crippen LogP contribution is 2.44. The van der Waals surface area contributed by atoms with Crippen LogP contribution in [0.1, 0.15) is 93.2 Å². The molecule has 0 unspecified atom stereocenters. The number of ketones is 1. The van der Waals surface area contributed by atoms with E-state index < -0.39 is 89.7 Å². The van der Waals surface area contributed by atoms with Gasteiger partial charge in [-0.3, -0.25) is 29.3 Å². The maximum absolute atomic E-state index is 15.1. The van der Waals surface area contributed by atoms with Crippen LogP contribution in [-0.2, 0) is 55.8 Å². The number of hydrogen-bond acceptors (Lipinski definition) is 15. The minimum Gasteiger partial charge on any atom is -0.461 e. The molecule has 69 heavy (non-hydrogen) atoms. The van der Waals surface area contributed by atoms with Crippen LogP contribution in [0.15, 0.2) is 74.1 Å². The maximum Gasteiger partial charge on any atom is 0.410 e. The largest absolute Gasteiger partial charge is 0.461 e. The Labute approximate surface area is 407 Å². The van der Waals surface area contributed by atoms with Crippen LogP contribution in [0, 0.1) is 23.7 Å². The van der Waals surface area contributed by atoms with Crippen molar-refractivity contribution in [2.24, 2.45) is 23.7 Å². The molecule has 1 N–H and O–H groups in total. The van der Waals surface area contributed by atoms with Crippen LogP contribution in [0.5, 0.6) is 0 Å². The summed E-state index contributed by atoms with van der Waals surface area (Å²) >= 11 is 0. The molecule has 1 amide bonds. The van der Waals surface area contributed by atoms with Crippen LogP contribution in [0.3, 0.4) is 0 Å². The van der Waals surface area contributed by atoms with Crippen molar-refractivity contribution < 1.29 is 52.7 Å². The Kier molecular flexibility index (Phi) is 17.9. The molecule has 3 aliphatic heterocycles. The predicted octanol–water partition coefficient (Wildman–Crippen LogP) is 6.47. The zero-order valence-electron chi connectivity index (χ0n) is 42.1. The summed E-state index contributed by atoms with van der Waals surface area (Å²) in [4.78, 5) is 74.6. The van der Waals surface area contributed by atoms with Gasteiger partial charge >= 0.3 is 18.0 Å². The minimum absolute atomic E-state index is 0.106. The Balaban J connectivity index is 1.35. The van der Waals surface area contributed by atoms with Gasteiger partial charge in [0.2, 0.25) is 0 Å². The highest BCUT2D eigenvalue weighted by atomic mass is 16.7. The first kappa shape index (κ1) is 53.3. The van der Waals surface area contributed by atoms with E-state index in [1.54, 1.807) is 81.8 Å². The number of rotatable bonds is 16. The Morgan fingerprint density at radius 2 is 1.78 bits per heavy atom. The molecule has 0 radical (unpaired) electrons. The van der Waals surface area contributed by atoms with E-state index in [4.69, 9.17) is 28.4 Å². The number of aromatic nitrogens is 4. The summed E-state index contributed by atoms with van der Waals surface area (Å²) in [5, 5.41) is 11.9. The lowest BCUT2D eigenvalue weighted by Gasteiger charge is -2.48. The number of carbonyl (C=O) groups is 4. The number of esters is 2. The molecule has 0 bridgehead atoms. The second-order valence-corrected chi connectivity index (χ2v) is 19.8. The van der Waals surface area contributed by atoms with Gasteiger partial charge < -0.3 is 43.0 Å². The third-order valence-electron chi connectivity index (χ3n) is 14.6. The van der Waals surface area contributed by atoms with Crippen molar-refractivity contribution in [2.45, 2.75) is 161 Å². The van der Waals surface area contributed by atoms with Crippen molar-refractivity contribution in [1.82, 2.24) is 29.3 Å². The average molecular weight is 959 g/mol. The van der Waals surface area contributed by atoms with Gasteiger partial charge in [-0.15, -0.1) is 6.58 Å². The molecule has 14 atom stereocenters. The van der Waals surface area contributed by atoms with Gasteiger partial charge in [0.1, 0.15) is 24.1 Å². The SMILES string of the molecule is C=CCN(C)[C@H]1C[C@@H](C)O[C@@H](O[C@@H]2[C@@H](C)[C@H](OC(=O)Cc3ccccn3)[C@@H](C)C(=O)O[C@H](CC)[C@@]3(C)OC(=O)N(CCCCn4cnc(-c5cccnc5)c4)[C@@H]3[C@@H](C)C(=O)[C@H](C)C[C@@]2(C)OC)[C@@H]1O. The topological polar surface area (TPSA) is 194 Å². The van der Waals surface area contributed by atoms with Gasteiger partial charge in [-0.05, 0) is 91.1 Å². The number of carbonyl (C=O) groups excluding carboxylic acids is 4. The highest BCUT2D eigenvalue weighted by molar-refractivity contribution is 5.85. The number of cyclic esters (lactones) is 1. The second-order valence-electron chi connectivity index (χ2n) is 19.8. The monoisotopic (exact) mass is 959 g/mol. The molecule has 3 fully saturated rings. The summed E-state index contributed by atoms with van der Waals surface area (Å²) in [7, 11) is 3.42. The number of ether oxygens (including phenoxy) is 6. The number of fused-ring (bicyclic) bond motifs is 1. The van der Waals surface area contributed by atoms with E-state index in [9.17, 15) is 19.5 Å². The lowest BCUT2D eigenvalue weighted by Crippen LogP contribution is -2.61. The molecule has 0 aliphatic carbocycles. The summed E-state index contributed by atoms with van der Waals surface area (Å²) in [6, 6.07) is 7.84. The normalized spacial score (nSPS) is 33.6. The molecule has 0 aromatic carbocycles. The first-order valence-corrected chi connectivity index (χ1v) is 24.5. The highest BCUT2D eigenvalue weighted by Gasteiger charge is 2.60. The Hall–Kier alpha value is -5.07. The van der Waals surface area contributed by atoms with E-state index in [1.807, 2.05) is 62.5 Å². The minimum atomic E-state index is -1.45. The number of nitrogens with zero attached hydrogens (tertiary/aromatic N) is 6. The number of pyridine rings is 2. The molecular weight excluding hydrogens is 885 g/mol. The van der Waals surface area contributed by atoms with Crippen LogP contribution < -0.4 is 0 Å². The Morgan fingerprint density at radius 3 is 2.45 bits per heavy atom. The molecule has 3 aliphatic rings. The number of unbranched alkanes of at least 4 members (excludes halogenated alkanes) is 1. The number of aryl methyl sites for hydroxylation is 1.